The molecule has 0 heterocycles. The van der Waals surface area contributed by atoms with Crippen LogP contribution < -0.4 is 0 Å². The molecule has 0 bridgehead atoms. The Balaban J connectivity index is 6.04. The highest BCUT2D eigenvalue weighted by Gasteiger charge is 2.88. The molecule has 0 aromatic heterocycles. The molecule has 0 N–H and O–H groups in total. The second kappa shape index (κ2) is 3.75. The fraction of sp³-hybridized carbons (Fsp3) is 1.00. The molecule has 0 saturated carbocycles. The minimum absolute atomic E-state index is 7.27. The highest BCUT2D eigenvalue weighted by molar-refractivity contribution is 8.27. The van der Waals surface area contributed by atoms with Crippen molar-refractivity contribution >= 4 is 10.8 Å². The fourth-order valence-electron chi connectivity index (χ4n) is 0.611. The molecule has 0 atom stereocenters. The molecule has 0 aromatic carbocycles. The molecule has 0 aromatic rings. The summed E-state index contributed by atoms with van der Waals surface area (Å²) in [6.45, 7) is 0. The Bertz CT molecular complexity index is 264. The molecule has 0 aliphatic carbocycles. The number of alkyl halides is 10. The van der Waals surface area contributed by atoms with E-state index in [9.17, 15) is 51.7 Å². The van der Waals surface area contributed by atoms with Gasteiger partial charge in [-0.1, -0.05) is 0 Å². The van der Waals surface area contributed by atoms with Crippen LogP contribution in [-0.2, 0) is 0 Å². The first-order chi connectivity index (χ1) is 7.00. The Kier molecular flexibility index (Phi) is 3.64. The highest BCUT2D eigenvalue weighted by Crippen LogP contribution is 2.79. The maximum Gasteiger partial charge on any atom is 0.482 e. The third-order valence-electron chi connectivity index (χ3n) is 1.37. The van der Waals surface area contributed by atoms with Crippen molar-refractivity contribution in [3.05, 3.63) is 0 Å². The smallest absolute Gasteiger partial charge is 0.207 e. The summed E-state index contributed by atoms with van der Waals surface area (Å²) in [5.41, 5.74) is -7.27. The molecule has 0 amide bonds. The van der Waals surface area contributed by atoms with Gasteiger partial charge in [0.15, 0.2) is 0 Å². The summed E-state index contributed by atoms with van der Waals surface area (Å²) in [5, 5.41) is -7.62. The predicted octanol–water partition coefficient (Wildman–Crippen LogP) is 4.87. The van der Waals surface area contributed by atoms with Gasteiger partial charge in [-0.2, -0.15) is 39.5 Å². The predicted molar refractivity (Wildman–Crippen MR) is 31.8 cm³/mol. The second-order valence-corrected chi connectivity index (χ2v) is 4.47. The van der Waals surface area contributed by atoms with Crippen LogP contribution in [0.1, 0.15) is 0 Å². The molecule has 0 nitrogen and oxygen atoms in total. The molecule has 0 rings (SSSR count). The zero-order valence-corrected chi connectivity index (χ0v) is 7.76. The number of halogens is 12. The van der Waals surface area contributed by atoms with Gasteiger partial charge in [0.2, 0.25) is 10.8 Å². The van der Waals surface area contributed by atoms with E-state index in [0.29, 0.717) is 0 Å². The monoisotopic (exact) mass is 308 g/mol. The summed E-state index contributed by atoms with van der Waals surface area (Å²) in [6, 6.07) is 0. The van der Waals surface area contributed by atoms with Crippen LogP contribution in [0.4, 0.5) is 51.7 Å². The van der Waals surface area contributed by atoms with E-state index in [1.165, 1.54) is 0 Å². The third-order valence-corrected chi connectivity index (χ3v) is 3.12. The van der Waals surface area contributed by atoms with E-state index >= 15 is 0 Å². The van der Waals surface area contributed by atoms with Crippen LogP contribution in [0.2, 0.25) is 0 Å². The number of hydrogen-bond acceptors (Lipinski definition) is 0. The Morgan fingerprint density at radius 1 is 0.529 bits per heavy atom. The van der Waals surface area contributed by atoms with Crippen molar-refractivity contribution < 1.29 is 51.7 Å². The first-order valence-electron chi connectivity index (χ1n) is 3.11. The van der Waals surface area contributed by atoms with Crippen LogP contribution in [0.25, 0.3) is 0 Å². The van der Waals surface area contributed by atoms with E-state index in [2.05, 4.69) is 0 Å². The lowest BCUT2D eigenvalue weighted by molar-refractivity contribution is -0.309. The minimum atomic E-state index is -8.67. The van der Waals surface area contributed by atoms with E-state index in [4.69, 9.17) is 0 Å². The van der Waals surface area contributed by atoms with Crippen molar-refractivity contribution in [2.24, 2.45) is 0 Å². The van der Waals surface area contributed by atoms with Crippen LogP contribution in [0.5, 0.6) is 0 Å². The van der Waals surface area contributed by atoms with Gasteiger partial charge in [0.1, 0.15) is 0 Å². The zero-order chi connectivity index (χ0) is 14.5. The SMILES string of the molecule is FC(F)(F)C(F)(C(F)(F)F)S(F)(F)C(F)(F)F. The first kappa shape index (κ1) is 16.5. The quantitative estimate of drug-likeness (QED) is 0.606. The summed E-state index contributed by atoms with van der Waals surface area (Å²) in [6.07, 6.45) is -14.9. The van der Waals surface area contributed by atoms with Crippen molar-refractivity contribution in [3.8, 4) is 0 Å². The molecule has 0 aliphatic heterocycles. The maximum absolute atomic E-state index is 12.4. The third kappa shape index (κ3) is 2.25. The van der Waals surface area contributed by atoms with Crippen LogP contribution in [0.15, 0.2) is 0 Å². The Morgan fingerprint density at radius 3 is 0.824 bits per heavy atom. The molecular weight excluding hydrogens is 308 g/mol. The van der Waals surface area contributed by atoms with E-state index in [1.807, 2.05) is 0 Å². The average molecular weight is 308 g/mol. The Labute approximate surface area is 86.5 Å². The molecule has 13 heteroatoms. The van der Waals surface area contributed by atoms with Gasteiger partial charge in [0.25, 0.3) is 0 Å². The molecule has 106 valence electrons. The molecule has 0 aliphatic rings. The van der Waals surface area contributed by atoms with E-state index in [-0.39, 0.29) is 0 Å². The van der Waals surface area contributed by atoms with E-state index in [1.54, 1.807) is 0 Å². The Hall–Kier alpha value is -0.490. The van der Waals surface area contributed by atoms with Gasteiger partial charge >= 0.3 is 22.9 Å². The molecule has 17 heavy (non-hydrogen) atoms. The van der Waals surface area contributed by atoms with Crippen molar-refractivity contribution in [2.45, 2.75) is 22.9 Å². The number of rotatable bonds is 1. The normalized spacial score (nSPS) is 17.2. The lowest BCUT2D eigenvalue weighted by atomic mass is 10.3. The Morgan fingerprint density at radius 2 is 0.765 bits per heavy atom. The lowest BCUT2D eigenvalue weighted by Crippen LogP contribution is -2.56. The van der Waals surface area contributed by atoms with Gasteiger partial charge in [-0.3, -0.25) is 0 Å². The van der Waals surface area contributed by atoms with Crippen molar-refractivity contribution in [3.63, 3.8) is 0 Å². The summed E-state index contributed by atoms with van der Waals surface area (Å²) >= 11 is 0. The van der Waals surface area contributed by atoms with E-state index < -0.39 is 33.7 Å². The van der Waals surface area contributed by atoms with Crippen LogP contribution >= 0.6 is 10.8 Å². The summed E-state index contributed by atoms with van der Waals surface area (Å²) < 4.78 is 140. The second-order valence-electron chi connectivity index (χ2n) is 2.51. The summed E-state index contributed by atoms with van der Waals surface area (Å²) in [5.74, 6) is 0. The largest absolute Gasteiger partial charge is 0.482 e. The van der Waals surface area contributed by atoms with Gasteiger partial charge in [-0.25, -0.2) is 4.39 Å². The van der Waals surface area contributed by atoms with Crippen molar-refractivity contribution in [2.75, 3.05) is 0 Å². The average Bonchev–Trinajstić information content (AvgIpc) is 1.95. The van der Waals surface area contributed by atoms with Crippen molar-refractivity contribution in [1.82, 2.24) is 0 Å². The summed E-state index contributed by atoms with van der Waals surface area (Å²) in [7, 11) is -8.67. The molecule has 0 radical (unpaired) electrons. The molecule has 0 fully saturated rings. The summed E-state index contributed by atoms with van der Waals surface area (Å²) in [4.78, 5) is 0. The van der Waals surface area contributed by atoms with Crippen molar-refractivity contribution in [1.29, 1.82) is 0 Å². The minimum Gasteiger partial charge on any atom is -0.207 e. The molecule has 0 spiro atoms. The van der Waals surface area contributed by atoms with Gasteiger partial charge < -0.3 is 0 Å². The van der Waals surface area contributed by atoms with Crippen LogP contribution in [-0.4, -0.2) is 22.9 Å². The first-order valence-corrected chi connectivity index (χ1v) is 4.54. The number of hydrogen-bond donors (Lipinski definition) is 0. The molecule has 0 saturated heterocycles. The maximum atomic E-state index is 12.4. The van der Waals surface area contributed by atoms with Gasteiger partial charge in [-0.05, 0) is 0 Å². The van der Waals surface area contributed by atoms with Gasteiger partial charge in [0, 0.05) is 0 Å². The van der Waals surface area contributed by atoms with Gasteiger partial charge in [0.05, 0.1) is 0 Å². The van der Waals surface area contributed by atoms with E-state index in [0.717, 1.165) is 0 Å². The topological polar surface area (TPSA) is 0 Å². The van der Waals surface area contributed by atoms with Crippen LogP contribution in [0.3, 0.4) is 0 Å². The zero-order valence-electron chi connectivity index (χ0n) is 6.94. The molecule has 0 unspecified atom stereocenters. The molecular formula is C4F12S. The standard InChI is InChI=1S/C4F12S/c5-1(2(6,7)8,3(9,10)11)17(15,16)4(12,13)14. The lowest BCUT2D eigenvalue weighted by Gasteiger charge is -2.38. The van der Waals surface area contributed by atoms with Crippen LogP contribution in [0, 0.1) is 0 Å². The van der Waals surface area contributed by atoms with Gasteiger partial charge in [-0.15, -0.1) is 7.77 Å². The highest BCUT2D eigenvalue weighted by atomic mass is 32.3. The fourth-order valence-corrected chi connectivity index (χ4v) is 1.51.